The van der Waals surface area contributed by atoms with Crippen LogP contribution in [0.3, 0.4) is 0 Å². The van der Waals surface area contributed by atoms with Gasteiger partial charge in [-0.25, -0.2) is 4.98 Å². The average Bonchev–Trinajstić information content (AvgIpc) is 3.06. The summed E-state index contributed by atoms with van der Waals surface area (Å²) in [6, 6.07) is 19.9. The lowest BCUT2D eigenvalue weighted by atomic mass is 9.92. The van der Waals surface area contributed by atoms with Gasteiger partial charge in [-0.3, -0.25) is 0 Å². The molecule has 0 aliphatic carbocycles. The topological polar surface area (TPSA) is 42.2 Å². The van der Waals surface area contributed by atoms with E-state index in [0.29, 0.717) is 5.02 Å². The Balaban J connectivity index is 1.91. The fourth-order valence-corrected chi connectivity index (χ4v) is 3.16. The van der Waals surface area contributed by atoms with Gasteiger partial charge in [-0.2, -0.15) is 9.61 Å². The molecule has 0 fully saturated rings. The summed E-state index contributed by atoms with van der Waals surface area (Å²) in [4.78, 5) is 4.94. The van der Waals surface area contributed by atoms with Crippen molar-refractivity contribution in [1.82, 2.24) is 14.6 Å². The van der Waals surface area contributed by atoms with E-state index in [1.165, 1.54) is 0 Å². The van der Waals surface area contributed by atoms with Crippen LogP contribution in [-0.2, 0) is 5.41 Å². The molecule has 0 amide bonds. The molecule has 0 bridgehead atoms. The number of hydrogen-bond donors (Lipinski definition) is 1. The molecule has 0 saturated carbocycles. The molecule has 0 atom stereocenters. The van der Waals surface area contributed by atoms with Gasteiger partial charge in [0.25, 0.3) is 0 Å². The zero-order chi connectivity index (χ0) is 19.0. The van der Waals surface area contributed by atoms with Crippen molar-refractivity contribution in [1.29, 1.82) is 0 Å². The minimum absolute atomic E-state index is 0.0925. The van der Waals surface area contributed by atoms with E-state index in [-0.39, 0.29) is 5.41 Å². The van der Waals surface area contributed by atoms with Crippen LogP contribution in [-0.4, -0.2) is 14.6 Å². The first-order valence-electron chi connectivity index (χ1n) is 8.89. The van der Waals surface area contributed by atoms with E-state index in [4.69, 9.17) is 16.6 Å². The molecule has 0 saturated heterocycles. The molecule has 4 aromatic rings. The van der Waals surface area contributed by atoms with Gasteiger partial charge in [-0.15, -0.1) is 0 Å². The number of halogens is 1. The van der Waals surface area contributed by atoms with Crippen molar-refractivity contribution >= 4 is 28.8 Å². The second-order valence-corrected chi connectivity index (χ2v) is 8.01. The summed E-state index contributed by atoms with van der Waals surface area (Å²) in [5, 5.41) is 8.72. The van der Waals surface area contributed by atoms with Crippen molar-refractivity contribution in [2.75, 3.05) is 5.32 Å². The van der Waals surface area contributed by atoms with E-state index < -0.39 is 0 Å². The highest BCUT2D eigenvalue weighted by atomic mass is 35.5. The highest BCUT2D eigenvalue weighted by Crippen LogP contribution is 2.31. The lowest BCUT2D eigenvalue weighted by Gasteiger charge is -2.20. The van der Waals surface area contributed by atoms with E-state index in [2.05, 4.69) is 49.4 Å². The smallest absolute Gasteiger partial charge is 0.165 e. The van der Waals surface area contributed by atoms with Gasteiger partial charge >= 0.3 is 0 Å². The number of rotatable bonds is 3. The van der Waals surface area contributed by atoms with Crippen LogP contribution in [0.1, 0.15) is 26.5 Å². The highest BCUT2D eigenvalue weighted by molar-refractivity contribution is 6.30. The number of benzene rings is 2. The minimum atomic E-state index is -0.0925. The van der Waals surface area contributed by atoms with E-state index in [1.54, 1.807) is 0 Å². The van der Waals surface area contributed by atoms with Crippen LogP contribution in [0, 0.1) is 0 Å². The molecule has 2 heterocycles. The largest absolute Gasteiger partial charge is 0.340 e. The maximum atomic E-state index is 6.14. The maximum absolute atomic E-state index is 6.14. The van der Waals surface area contributed by atoms with Crippen molar-refractivity contribution in [3.05, 3.63) is 77.6 Å². The number of fused-ring (bicyclic) bond motifs is 1. The van der Waals surface area contributed by atoms with Gasteiger partial charge in [0.05, 0.1) is 11.9 Å². The Labute approximate surface area is 163 Å². The van der Waals surface area contributed by atoms with Crippen LogP contribution < -0.4 is 5.32 Å². The second kappa shape index (κ2) is 6.71. The van der Waals surface area contributed by atoms with Gasteiger partial charge < -0.3 is 5.32 Å². The highest BCUT2D eigenvalue weighted by Gasteiger charge is 2.20. The first-order valence-corrected chi connectivity index (χ1v) is 9.27. The predicted molar refractivity (Wildman–Crippen MR) is 112 cm³/mol. The van der Waals surface area contributed by atoms with E-state index >= 15 is 0 Å². The van der Waals surface area contributed by atoms with Crippen molar-refractivity contribution in [3.63, 3.8) is 0 Å². The molecule has 1 N–H and O–H groups in total. The van der Waals surface area contributed by atoms with E-state index in [1.807, 2.05) is 53.2 Å². The van der Waals surface area contributed by atoms with E-state index in [0.717, 1.165) is 34.0 Å². The van der Waals surface area contributed by atoms with Gasteiger partial charge in [0, 0.05) is 27.8 Å². The first kappa shape index (κ1) is 17.6. The van der Waals surface area contributed by atoms with Crippen molar-refractivity contribution < 1.29 is 0 Å². The minimum Gasteiger partial charge on any atom is -0.340 e. The summed E-state index contributed by atoms with van der Waals surface area (Å²) in [5.74, 6) is 0.856. The molecule has 0 spiro atoms. The third-order valence-corrected chi connectivity index (χ3v) is 4.66. The SMILES string of the molecule is CC(C)(C)c1cc(Nc2cccc(Cl)c2)n2ncc(-c3ccccc3)c2n1. The molecule has 27 heavy (non-hydrogen) atoms. The molecule has 4 nitrogen and oxygen atoms in total. The van der Waals surface area contributed by atoms with Crippen LogP contribution >= 0.6 is 11.6 Å². The van der Waals surface area contributed by atoms with Crippen molar-refractivity contribution in [2.45, 2.75) is 26.2 Å². The molecule has 5 heteroatoms. The fraction of sp³-hybridized carbons (Fsp3) is 0.182. The normalized spacial score (nSPS) is 11.7. The monoisotopic (exact) mass is 376 g/mol. The number of aromatic nitrogens is 3. The Morgan fingerprint density at radius 2 is 1.74 bits per heavy atom. The molecule has 0 radical (unpaired) electrons. The number of hydrogen-bond acceptors (Lipinski definition) is 3. The molecular formula is C22H21ClN4. The fourth-order valence-electron chi connectivity index (χ4n) is 2.97. The van der Waals surface area contributed by atoms with E-state index in [9.17, 15) is 0 Å². The standard InChI is InChI=1S/C22H21ClN4/c1-22(2,3)19-13-20(25-17-11-7-10-16(23)12-17)27-21(26-19)18(14-24-27)15-8-5-4-6-9-15/h4-14,25H,1-3H3. The summed E-state index contributed by atoms with van der Waals surface area (Å²) < 4.78 is 1.85. The number of nitrogens with zero attached hydrogens (tertiary/aromatic N) is 3. The Bertz CT molecular complexity index is 1090. The molecule has 2 aromatic carbocycles. The maximum Gasteiger partial charge on any atom is 0.165 e. The van der Waals surface area contributed by atoms with Gasteiger partial charge in [0.2, 0.25) is 0 Å². The number of nitrogens with one attached hydrogen (secondary N) is 1. The lowest BCUT2D eigenvalue weighted by molar-refractivity contribution is 0.569. The Morgan fingerprint density at radius 1 is 0.963 bits per heavy atom. The third-order valence-electron chi connectivity index (χ3n) is 4.42. The quantitative estimate of drug-likeness (QED) is 0.470. The van der Waals surface area contributed by atoms with Crippen LogP contribution in [0.25, 0.3) is 16.8 Å². The van der Waals surface area contributed by atoms with Crippen LogP contribution in [0.4, 0.5) is 11.5 Å². The van der Waals surface area contributed by atoms with Gasteiger partial charge in [-0.05, 0) is 23.8 Å². The number of anilines is 2. The lowest BCUT2D eigenvalue weighted by Crippen LogP contribution is -2.16. The molecule has 4 rings (SSSR count). The van der Waals surface area contributed by atoms with Gasteiger partial charge in [0.1, 0.15) is 5.82 Å². The predicted octanol–water partition coefficient (Wildman–Crippen LogP) is 6.09. The zero-order valence-electron chi connectivity index (χ0n) is 15.6. The third kappa shape index (κ3) is 3.53. The average molecular weight is 377 g/mol. The van der Waals surface area contributed by atoms with Gasteiger partial charge in [0.15, 0.2) is 5.65 Å². The first-order chi connectivity index (χ1) is 12.9. The Kier molecular flexibility index (Phi) is 4.36. The van der Waals surface area contributed by atoms with Crippen LogP contribution in [0.2, 0.25) is 5.02 Å². The molecule has 2 aromatic heterocycles. The van der Waals surface area contributed by atoms with Gasteiger partial charge in [-0.1, -0.05) is 68.8 Å². The second-order valence-electron chi connectivity index (χ2n) is 7.57. The van der Waals surface area contributed by atoms with Crippen molar-refractivity contribution in [3.8, 4) is 11.1 Å². The Morgan fingerprint density at radius 3 is 2.44 bits per heavy atom. The van der Waals surface area contributed by atoms with Crippen LogP contribution in [0.5, 0.6) is 0 Å². The summed E-state index contributed by atoms with van der Waals surface area (Å²) in [7, 11) is 0. The molecule has 0 unspecified atom stereocenters. The summed E-state index contributed by atoms with van der Waals surface area (Å²) >= 11 is 6.14. The molecule has 136 valence electrons. The molecular weight excluding hydrogens is 356 g/mol. The molecule has 0 aliphatic heterocycles. The zero-order valence-corrected chi connectivity index (χ0v) is 16.3. The molecule has 0 aliphatic rings. The summed E-state index contributed by atoms with van der Waals surface area (Å²) in [6.07, 6.45) is 1.87. The van der Waals surface area contributed by atoms with Crippen LogP contribution in [0.15, 0.2) is 66.9 Å². The summed E-state index contributed by atoms with van der Waals surface area (Å²) in [6.45, 7) is 6.48. The van der Waals surface area contributed by atoms with Crippen molar-refractivity contribution in [2.24, 2.45) is 0 Å². The Hall–Kier alpha value is -2.85. The summed E-state index contributed by atoms with van der Waals surface area (Å²) in [5.41, 5.74) is 4.75.